The second-order valence-corrected chi connectivity index (χ2v) is 4.68. The lowest BCUT2D eigenvalue weighted by Gasteiger charge is -2.17. The molecule has 0 spiro atoms. The molecule has 0 fully saturated rings. The molecule has 1 aromatic carbocycles. The van der Waals surface area contributed by atoms with Crippen molar-refractivity contribution in [3.8, 4) is 5.75 Å². The van der Waals surface area contributed by atoms with Gasteiger partial charge in [0.1, 0.15) is 16.4 Å². The van der Waals surface area contributed by atoms with Crippen molar-refractivity contribution in [2.45, 2.75) is 11.0 Å². The van der Waals surface area contributed by atoms with Crippen LogP contribution in [0, 0.1) is 5.82 Å². The summed E-state index contributed by atoms with van der Waals surface area (Å²) in [6, 6.07) is 1.94. The smallest absolute Gasteiger partial charge is 0.405 e. The van der Waals surface area contributed by atoms with Crippen LogP contribution >= 0.6 is 31.9 Å². The van der Waals surface area contributed by atoms with Crippen molar-refractivity contribution >= 4 is 31.9 Å². The molecule has 1 unspecified atom stereocenters. The van der Waals surface area contributed by atoms with Gasteiger partial charge >= 0.3 is 6.18 Å². The van der Waals surface area contributed by atoms with E-state index in [1.165, 1.54) is 7.11 Å². The highest BCUT2D eigenvalue weighted by atomic mass is 79.9. The zero-order valence-corrected chi connectivity index (χ0v) is 11.1. The maximum absolute atomic E-state index is 13.1. The van der Waals surface area contributed by atoms with Crippen molar-refractivity contribution in [1.82, 2.24) is 0 Å². The number of halogens is 6. The maximum Gasteiger partial charge on any atom is 0.405 e. The molecule has 1 aromatic rings. The molecule has 7 heteroatoms. The van der Waals surface area contributed by atoms with Crippen molar-refractivity contribution in [3.63, 3.8) is 0 Å². The van der Waals surface area contributed by atoms with Crippen LogP contribution in [0.2, 0.25) is 0 Å². The van der Waals surface area contributed by atoms with E-state index in [2.05, 4.69) is 31.9 Å². The molecule has 1 atom stereocenters. The van der Waals surface area contributed by atoms with Gasteiger partial charge in [-0.2, -0.15) is 13.2 Å². The van der Waals surface area contributed by atoms with Gasteiger partial charge in [-0.05, 0) is 22.0 Å². The van der Waals surface area contributed by atoms with E-state index in [-0.39, 0.29) is 15.8 Å². The molecule has 16 heavy (non-hydrogen) atoms. The molecule has 1 rings (SSSR count). The molecule has 0 aliphatic heterocycles. The fourth-order valence-corrected chi connectivity index (χ4v) is 1.81. The van der Waals surface area contributed by atoms with Crippen LogP contribution in [0.3, 0.4) is 0 Å². The van der Waals surface area contributed by atoms with E-state index in [1.807, 2.05) is 0 Å². The van der Waals surface area contributed by atoms with Crippen molar-refractivity contribution in [1.29, 1.82) is 0 Å². The maximum atomic E-state index is 13.1. The Labute approximate surface area is 106 Å². The fourth-order valence-electron chi connectivity index (χ4n) is 1.10. The highest BCUT2D eigenvalue weighted by molar-refractivity contribution is 9.10. The summed E-state index contributed by atoms with van der Waals surface area (Å²) in [5.74, 6) is -0.831. The summed E-state index contributed by atoms with van der Waals surface area (Å²) in [7, 11) is 1.18. The van der Waals surface area contributed by atoms with Gasteiger partial charge in [0, 0.05) is 11.6 Å². The number of rotatable bonds is 2. The first-order valence-electron chi connectivity index (χ1n) is 4.01. The van der Waals surface area contributed by atoms with Crippen molar-refractivity contribution < 1.29 is 22.3 Å². The second kappa shape index (κ2) is 4.91. The van der Waals surface area contributed by atoms with Crippen LogP contribution in [0.15, 0.2) is 16.6 Å². The lowest BCUT2D eigenvalue weighted by Crippen LogP contribution is -2.16. The topological polar surface area (TPSA) is 9.23 Å². The van der Waals surface area contributed by atoms with Gasteiger partial charge in [-0.3, -0.25) is 0 Å². The normalized spacial score (nSPS) is 13.7. The summed E-state index contributed by atoms with van der Waals surface area (Å²) in [6.07, 6.45) is -4.47. The Morgan fingerprint density at radius 3 is 2.31 bits per heavy atom. The molecule has 0 heterocycles. The van der Waals surface area contributed by atoms with Crippen LogP contribution in [-0.2, 0) is 0 Å². The molecule has 0 saturated heterocycles. The summed E-state index contributed by atoms with van der Waals surface area (Å²) in [6.45, 7) is 0. The molecule has 0 bridgehead atoms. The minimum absolute atomic E-state index is 0.0444. The Morgan fingerprint density at radius 2 is 1.88 bits per heavy atom. The molecule has 0 amide bonds. The van der Waals surface area contributed by atoms with E-state index in [0.29, 0.717) is 0 Å². The predicted octanol–water partition coefficient (Wildman–Crippen LogP) is 4.60. The Hall–Kier alpha value is -0.300. The average Bonchev–Trinajstić information content (AvgIpc) is 2.19. The van der Waals surface area contributed by atoms with Crippen molar-refractivity contribution in [2.24, 2.45) is 0 Å². The molecule has 0 aliphatic carbocycles. The van der Waals surface area contributed by atoms with E-state index >= 15 is 0 Å². The first-order chi connectivity index (χ1) is 7.27. The zero-order valence-electron chi connectivity index (χ0n) is 7.91. The lowest BCUT2D eigenvalue weighted by atomic mass is 10.1. The van der Waals surface area contributed by atoms with Crippen LogP contribution in [0.25, 0.3) is 0 Å². The molecule has 0 aromatic heterocycles. The third-order valence-electron chi connectivity index (χ3n) is 1.83. The summed E-state index contributed by atoms with van der Waals surface area (Å²) in [5, 5.41) is 0. The molecule has 0 radical (unpaired) electrons. The lowest BCUT2D eigenvalue weighted by molar-refractivity contribution is -0.128. The molecule has 0 aliphatic rings. The monoisotopic (exact) mass is 364 g/mol. The summed E-state index contributed by atoms with van der Waals surface area (Å²) >= 11 is 5.33. The largest absolute Gasteiger partial charge is 0.496 e. The standard InChI is InChI=1S/C9H6Br2F4O/c1-16-7-3-6(12)5(10)2-4(7)8(11)9(13,14)15/h2-3,8H,1H3. The van der Waals surface area contributed by atoms with Crippen LogP contribution in [-0.4, -0.2) is 13.3 Å². The molecule has 1 nitrogen and oxygen atoms in total. The zero-order chi connectivity index (χ0) is 12.5. The molecular formula is C9H6Br2F4O. The van der Waals surface area contributed by atoms with E-state index in [0.717, 1.165) is 12.1 Å². The first-order valence-corrected chi connectivity index (χ1v) is 5.72. The third kappa shape index (κ3) is 2.88. The first kappa shape index (κ1) is 13.8. The third-order valence-corrected chi connectivity index (χ3v) is 3.45. The van der Waals surface area contributed by atoms with Gasteiger partial charge in [-0.1, -0.05) is 15.9 Å². The number of hydrogen-bond donors (Lipinski definition) is 0. The van der Waals surface area contributed by atoms with Gasteiger partial charge in [-0.25, -0.2) is 4.39 Å². The molecule has 90 valence electrons. The second-order valence-electron chi connectivity index (χ2n) is 2.91. The fraction of sp³-hybridized carbons (Fsp3) is 0.333. The van der Waals surface area contributed by atoms with Crippen LogP contribution < -0.4 is 4.74 Å². The Bertz CT molecular complexity index is 392. The highest BCUT2D eigenvalue weighted by Crippen LogP contribution is 2.44. The minimum Gasteiger partial charge on any atom is -0.496 e. The van der Waals surface area contributed by atoms with Crippen molar-refractivity contribution in [2.75, 3.05) is 7.11 Å². The van der Waals surface area contributed by atoms with Crippen LogP contribution in [0.4, 0.5) is 17.6 Å². The molecular weight excluding hydrogens is 360 g/mol. The Kier molecular flexibility index (Phi) is 4.23. The Balaban J connectivity index is 3.27. The van der Waals surface area contributed by atoms with Gasteiger partial charge in [0.05, 0.1) is 11.6 Å². The summed E-state index contributed by atoms with van der Waals surface area (Å²) in [4.78, 5) is -1.90. The number of hydrogen-bond acceptors (Lipinski definition) is 1. The van der Waals surface area contributed by atoms with Gasteiger partial charge in [-0.15, -0.1) is 0 Å². The molecule has 0 saturated carbocycles. The quantitative estimate of drug-likeness (QED) is 0.550. The van der Waals surface area contributed by atoms with E-state index < -0.39 is 16.8 Å². The van der Waals surface area contributed by atoms with E-state index in [4.69, 9.17) is 4.74 Å². The summed E-state index contributed by atoms with van der Waals surface area (Å²) in [5.41, 5.74) is -0.178. The number of methoxy groups -OCH3 is 1. The minimum atomic E-state index is -4.47. The van der Waals surface area contributed by atoms with Gasteiger partial charge in [0.15, 0.2) is 0 Å². The number of alkyl halides is 4. The summed E-state index contributed by atoms with van der Waals surface area (Å²) < 4.78 is 55.2. The van der Waals surface area contributed by atoms with Crippen LogP contribution in [0.5, 0.6) is 5.75 Å². The number of ether oxygens (including phenoxy) is 1. The van der Waals surface area contributed by atoms with E-state index in [1.54, 1.807) is 0 Å². The Morgan fingerprint density at radius 1 is 1.31 bits per heavy atom. The predicted molar refractivity (Wildman–Crippen MR) is 58.4 cm³/mol. The highest BCUT2D eigenvalue weighted by Gasteiger charge is 2.40. The average molecular weight is 366 g/mol. The van der Waals surface area contributed by atoms with Crippen molar-refractivity contribution in [3.05, 3.63) is 28.0 Å². The molecule has 0 N–H and O–H groups in total. The van der Waals surface area contributed by atoms with Gasteiger partial charge in [0.25, 0.3) is 0 Å². The van der Waals surface area contributed by atoms with E-state index in [9.17, 15) is 17.6 Å². The van der Waals surface area contributed by atoms with Gasteiger partial charge in [0.2, 0.25) is 0 Å². The van der Waals surface area contributed by atoms with Gasteiger partial charge < -0.3 is 4.74 Å². The SMILES string of the molecule is COc1cc(F)c(Br)cc1C(Br)C(F)(F)F. The van der Waals surface area contributed by atoms with Crippen LogP contribution in [0.1, 0.15) is 10.4 Å². The number of benzene rings is 1.